The van der Waals surface area contributed by atoms with Crippen LogP contribution in [0, 0.1) is 0 Å². The van der Waals surface area contributed by atoms with Crippen molar-refractivity contribution in [1.82, 2.24) is 15.1 Å². The van der Waals surface area contributed by atoms with Gasteiger partial charge < -0.3 is 20.1 Å². The molecule has 0 saturated heterocycles. The van der Waals surface area contributed by atoms with Gasteiger partial charge in [-0.05, 0) is 30.5 Å². The number of amides is 1. The minimum atomic E-state index is -4.59. The number of nitrogens with one attached hydrogen (secondary N) is 2. The lowest BCUT2D eigenvalue weighted by molar-refractivity contribution is -0.173. The highest BCUT2D eigenvalue weighted by Gasteiger charge is 2.48. The Kier molecular flexibility index (Phi) is 6.65. The van der Waals surface area contributed by atoms with Crippen LogP contribution in [-0.2, 0) is 0 Å². The molecular weight excluding hydrogens is 461 g/mol. The minimum absolute atomic E-state index is 0.0214. The summed E-state index contributed by atoms with van der Waals surface area (Å²) in [6.07, 6.45) is -0.123. The molecule has 0 spiro atoms. The lowest BCUT2D eigenvalue weighted by Crippen LogP contribution is -2.37. The first-order valence-electron chi connectivity index (χ1n) is 10.9. The van der Waals surface area contributed by atoms with Crippen LogP contribution in [0.2, 0.25) is 5.02 Å². The fraction of sp³-hybridized carbons (Fsp3) is 0.545. The molecule has 2 aliphatic rings. The Morgan fingerprint density at radius 2 is 1.88 bits per heavy atom. The van der Waals surface area contributed by atoms with E-state index >= 15 is 0 Å². The molecule has 2 N–H and O–H groups in total. The molecule has 1 aromatic heterocycles. The van der Waals surface area contributed by atoms with Gasteiger partial charge in [0, 0.05) is 12.5 Å². The molecule has 0 bridgehead atoms. The smallest absolute Gasteiger partial charge is 0.410 e. The molecule has 0 unspecified atom stereocenters. The number of hydrogen-bond acceptors (Lipinski definition) is 5. The van der Waals surface area contributed by atoms with Crippen LogP contribution in [-0.4, -0.2) is 42.1 Å². The van der Waals surface area contributed by atoms with Crippen LogP contribution in [0.1, 0.15) is 66.7 Å². The van der Waals surface area contributed by atoms with E-state index < -0.39 is 24.2 Å². The molecule has 1 aliphatic heterocycles. The number of hydrogen-bond donors (Lipinski definition) is 2. The number of aromatic nitrogens is 2. The molecule has 1 aromatic carbocycles. The van der Waals surface area contributed by atoms with Gasteiger partial charge in [-0.2, -0.15) is 18.3 Å². The number of ether oxygens (including phenoxy) is 2. The molecule has 33 heavy (non-hydrogen) atoms. The maximum Gasteiger partial charge on any atom is 0.410 e. The monoisotopic (exact) mass is 486 g/mol. The zero-order chi connectivity index (χ0) is 23.8. The molecule has 4 rings (SSSR count). The molecule has 1 amide bonds. The second kappa shape index (κ2) is 9.32. The van der Waals surface area contributed by atoms with Crippen molar-refractivity contribution >= 4 is 23.3 Å². The number of rotatable bonds is 5. The van der Waals surface area contributed by atoms with E-state index in [-0.39, 0.29) is 29.0 Å². The third-order valence-electron chi connectivity index (χ3n) is 6.26. The van der Waals surface area contributed by atoms with Crippen molar-refractivity contribution in [1.29, 1.82) is 0 Å². The van der Waals surface area contributed by atoms with Gasteiger partial charge in [0.05, 0.1) is 20.3 Å². The number of fused-ring (bicyclic) bond motifs is 1. The average molecular weight is 487 g/mol. The Balaban J connectivity index is 1.66. The highest BCUT2D eigenvalue weighted by atomic mass is 35.5. The van der Waals surface area contributed by atoms with Crippen LogP contribution in [0.3, 0.4) is 0 Å². The highest BCUT2D eigenvalue weighted by Crippen LogP contribution is 2.47. The van der Waals surface area contributed by atoms with Gasteiger partial charge >= 0.3 is 6.18 Å². The normalized spacial score (nSPS) is 21.2. The highest BCUT2D eigenvalue weighted by molar-refractivity contribution is 6.36. The summed E-state index contributed by atoms with van der Waals surface area (Å²) in [6.45, 7) is 0. The number of carbonyl (C=O) groups excluding carboxylic acids is 1. The SMILES string of the molecule is COc1ccc([C@H]2C[C@@H](C(F)(F)F)n3nc(C(=O)NC4CCCCC4)c(Cl)c3N2)cc1OC. The van der Waals surface area contributed by atoms with Crippen molar-refractivity contribution in [3.05, 3.63) is 34.5 Å². The number of carbonyl (C=O) groups is 1. The molecule has 2 aromatic rings. The predicted octanol–water partition coefficient (Wildman–Crippen LogP) is 5.28. The van der Waals surface area contributed by atoms with E-state index in [1.807, 2.05) is 0 Å². The largest absolute Gasteiger partial charge is 0.493 e. The number of alkyl halides is 3. The summed E-state index contributed by atoms with van der Waals surface area (Å²) in [4.78, 5) is 12.8. The van der Waals surface area contributed by atoms with Gasteiger partial charge in [-0.1, -0.05) is 36.9 Å². The van der Waals surface area contributed by atoms with Crippen LogP contribution in [0.5, 0.6) is 11.5 Å². The van der Waals surface area contributed by atoms with Crippen LogP contribution in [0.15, 0.2) is 18.2 Å². The maximum absolute atomic E-state index is 14.0. The van der Waals surface area contributed by atoms with Gasteiger partial charge in [0.2, 0.25) is 0 Å². The van der Waals surface area contributed by atoms with Gasteiger partial charge in [0.25, 0.3) is 5.91 Å². The topological polar surface area (TPSA) is 77.4 Å². The molecular formula is C22H26ClF3N4O3. The Morgan fingerprint density at radius 3 is 2.52 bits per heavy atom. The first kappa shape index (κ1) is 23.5. The van der Waals surface area contributed by atoms with E-state index in [0.717, 1.165) is 36.8 Å². The molecule has 180 valence electrons. The zero-order valence-corrected chi connectivity index (χ0v) is 19.1. The van der Waals surface area contributed by atoms with Gasteiger partial charge in [0.1, 0.15) is 10.8 Å². The molecule has 1 saturated carbocycles. The predicted molar refractivity (Wildman–Crippen MR) is 117 cm³/mol. The van der Waals surface area contributed by atoms with Gasteiger partial charge in [-0.15, -0.1) is 0 Å². The third-order valence-corrected chi connectivity index (χ3v) is 6.62. The number of benzene rings is 1. The minimum Gasteiger partial charge on any atom is -0.493 e. The molecule has 1 fully saturated rings. The fourth-order valence-electron chi connectivity index (χ4n) is 4.52. The summed E-state index contributed by atoms with van der Waals surface area (Å²) in [6, 6.07) is 2.23. The van der Waals surface area contributed by atoms with Crippen molar-refractivity contribution in [3.63, 3.8) is 0 Å². The Bertz CT molecular complexity index is 1020. The molecule has 2 heterocycles. The van der Waals surface area contributed by atoms with Crippen molar-refractivity contribution in [2.75, 3.05) is 19.5 Å². The van der Waals surface area contributed by atoms with Gasteiger partial charge in [0.15, 0.2) is 23.2 Å². The summed E-state index contributed by atoms with van der Waals surface area (Å²) in [5.41, 5.74) is 0.366. The van der Waals surface area contributed by atoms with E-state index in [1.165, 1.54) is 14.2 Å². The second-order valence-corrected chi connectivity index (χ2v) is 8.75. The number of anilines is 1. The Labute approximate surface area is 194 Å². The zero-order valence-electron chi connectivity index (χ0n) is 18.3. The molecule has 7 nitrogen and oxygen atoms in total. The van der Waals surface area contributed by atoms with E-state index in [2.05, 4.69) is 15.7 Å². The first-order valence-corrected chi connectivity index (χ1v) is 11.2. The van der Waals surface area contributed by atoms with E-state index in [1.54, 1.807) is 18.2 Å². The molecule has 11 heteroatoms. The van der Waals surface area contributed by atoms with Crippen LogP contribution >= 0.6 is 11.6 Å². The van der Waals surface area contributed by atoms with Crippen molar-refractivity contribution in [2.24, 2.45) is 0 Å². The Hall–Kier alpha value is -2.62. The summed E-state index contributed by atoms with van der Waals surface area (Å²) < 4.78 is 53.3. The van der Waals surface area contributed by atoms with Crippen molar-refractivity contribution < 1.29 is 27.4 Å². The number of methoxy groups -OCH3 is 2. The maximum atomic E-state index is 14.0. The first-order chi connectivity index (χ1) is 15.7. The van der Waals surface area contributed by atoms with E-state index in [4.69, 9.17) is 21.1 Å². The summed E-state index contributed by atoms with van der Waals surface area (Å²) in [7, 11) is 2.94. The summed E-state index contributed by atoms with van der Waals surface area (Å²) in [5, 5.41) is 9.79. The van der Waals surface area contributed by atoms with Crippen LogP contribution in [0.25, 0.3) is 0 Å². The quantitative estimate of drug-likeness (QED) is 0.601. The van der Waals surface area contributed by atoms with E-state index in [9.17, 15) is 18.0 Å². The van der Waals surface area contributed by atoms with Crippen LogP contribution in [0.4, 0.5) is 19.0 Å². The lowest BCUT2D eigenvalue weighted by Gasteiger charge is -2.33. The standard InChI is InChI=1S/C22H26ClF3N4O3/c1-32-15-9-8-12(10-16(15)33-2)14-11-17(22(24,25)26)30-20(28-14)18(23)19(29-30)21(31)27-13-6-4-3-5-7-13/h8-10,13-14,17,28H,3-7,11H2,1-2H3,(H,27,31)/t14-,17+/m1/s1. The lowest BCUT2D eigenvalue weighted by atomic mass is 9.95. The van der Waals surface area contributed by atoms with E-state index in [0.29, 0.717) is 17.1 Å². The van der Waals surface area contributed by atoms with Crippen molar-refractivity contribution in [2.45, 2.75) is 62.8 Å². The number of halogens is 4. The van der Waals surface area contributed by atoms with Crippen LogP contribution < -0.4 is 20.1 Å². The summed E-state index contributed by atoms with van der Waals surface area (Å²) in [5.74, 6) is 0.283. The van der Waals surface area contributed by atoms with Gasteiger partial charge in [-0.3, -0.25) is 4.79 Å². The average Bonchev–Trinajstić information content (AvgIpc) is 3.14. The molecule has 0 radical (unpaired) electrons. The Morgan fingerprint density at radius 1 is 1.18 bits per heavy atom. The second-order valence-electron chi connectivity index (χ2n) is 8.37. The fourth-order valence-corrected chi connectivity index (χ4v) is 4.79. The third kappa shape index (κ3) is 4.71. The number of nitrogens with zero attached hydrogens (tertiary/aromatic N) is 2. The molecule has 2 atom stereocenters. The van der Waals surface area contributed by atoms with Crippen molar-refractivity contribution in [3.8, 4) is 11.5 Å². The summed E-state index contributed by atoms with van der Waals surface area (Å²) >= 11 is 6.41. The van der Waals surface area contributed by atoms with Gasteiger partial charge in [-0.25, -0.2) is 4.68 Å². The molecule has 1 aliphatic carbocycles.